The van der Waals surface area contributed by atoms with E-state index in [1.165, 1.54) is 25.7 Å². The average Bonchev–Trinajstić information content (AvgIpc) is 2.27. The molecule has 1 aliphatic rings. The molecule has 0 bridgehead atoms. The zero-order chi connectivity index (χ0) is 14.7. The standard InChI is InChI=1S/C17H33NO/c1-7-9-13-10-11-14(8-2)17(6,12-13)15(19)18-16(3,4)5/h13-14H,7-12H2,1-6H3,(H,18,19)/t13-,14+,17+/m1/s1. The molecule has 1 saturated carbocycles. The van der Waals surface area contributed by atoms with Gasteiger partial charge in [0.1, 0.15) is 0 Å². The largest absolute Gasteiger partial charge is 0.351 e. The van der Waals surface area contributed by atoms with E-state index in [2.05, 4.69) is 46.9 Å². The number of hydrogen-bond acceptors (Lipinski definition) is 1. The third-order valence-electron chi connectivity index (χ3n) is 4.73. The van der Waals surface area contributed by atoms with Crippen LogP contribution in [0.15, 0.2) is 0 Å². The molecule has 1 amide bonds. The van der Waals surface area contributed by atoms with Crippen LogP contribution in [0.5, 0.6) is 0 Å². The topological polar surface area (TPSA) is 29.1 Å². The lowest BCUT2D eigenvalue weighted by atomic mass is 9.61. The maximum atomic E-state index is 12.7. The highest BCUT2D eigenvalue weighted by molar-refractivity contribution is 5.83. The number of carbonyl (C=O) groups is 1. The van der Waals surface area contributed by atoms with E-state index in [4.69, 9.17) is 0 Å². The van der Waals surface area contributed by atoms with Gasteiger partial charge in [-0.3, -0.25) is 4.79 Å². The molecular formula is C17H33NO. The van der Waals surface area contributed by atoms with Gasteiger partial charge in [-0.05, 0) is 45.4 Å². The van der Waals surface area contributed by atoms with Crippen molar-refractivity contribution < 1.29 is 4.79 Å². The van der Waals surface area contributed by atoms with Gasteiger partial charge in [0.05, 0.1) is 0 Å². The van der Waals surface area contributed by atoms with Crippen LogP contribution in [-0.4, -0.2) is 11.4 Å². The van der Waals surface area contributed by atoms with Crippen molar-refractivity contribution in [1.29, 1.82) is 0 Å². The third-order valence-corrected chi connectivity index (χ3v) is 4.73. The predicted octanol–water partition coefficient (Wildman–Crippen LogP) is 4.53. The normalized spacial score (nSPS) is 32.1. The summed E-state index contributed by atoms with van der Waals surface area (Å²) in [4.78, 5) is 12.7. The molecule has 0 aromatic carbocycles. The van der Waals surface area contributed by atoms with Gasteiger partial charge in [0.25, 0.3) is 0 Å². The van der Waals surface area contributed by atoms with Crippen molar-refractivity contribution in [3.8, 4) is 0 Å². The van der Waals surface area contributed by atoms with Gasteiger partial charge in [-0.25, -0.2) is 0 Å². The first-order chi connectivity index (χ1) is 8.73. The van der Waals surface area contributed by atoms with E-state index in [1.54, 1.807) is 0 Å². The number of amides is 1. The zero-order valence-corrected chi connectivity index (χ0v) is 13.8. The monoisotopic (exact) mass is 267 g/mol. The first-order valence-corrected chi connectivity index (χ1v) is 8.05. The fraction of sp³-hybridized carbons (Fsp3) is 0.941. The molecule has 0 aromatic rings. The molecule has 1 rings (SSSR count). The lowest BCUT2D eigenvalue weighted by Crippen LogP contribution is -2.52. The van der Waals surface area contributed by atoms with Gasteiger partial charge in [-0.2, -0.15) is 0 Å². The van der Waals surface area contributed by atoms with E-state index < -0.39 is 0 Å². The molecular weight excluding hydrogens is 234 g/mol. The highest BCUT2D eigenvalue weighted by Crippen LogP contribution is 2.46. The zero-order valence-electron chi connectivity index (χ0n) is 13.8. The molecule has 2 heteroatoms. The van der Waals surface area contributed by atoms with Crippen molar-refractivity contribution in [2.45, 2.75) is 85.6 Å². The van der Waals surface area contributed by atoms with Crippen molar-refractivity contribution in [2.75, 3.05) is 0 Å². The Morgan fingerprint density at radius 1 is 1.26 bits per heavy atom. The van der Waals surface area contributed by atoms with Gasteiger partial charge in [0.15, 0.2) is 0 Å². The Morgan fingerprint density at radius 2 is 1.89 bits per heavy atom. The summed E-state index contributed by atoms with van der Waals surface area (Å²) < 4.78 is 0. The molecule has 1 N–H and O–H groups in total. The van der Waals surface area contributed by atoms with Crippen LogP contribution in [0, 0.1) is 17.3 Å². The van der Waals surface area contributed by atoms with E-state index in [0.717, 1.165) is 18.8 Å². The van der Waals surface area contributed by atoms with Crippen LogP contribution in [0.4, 0.5) is 0 Å². The molecule has 0 saturated heterocycles. The smallest absolute Gasteiger partial charge is 0.226 e. The summed E-state index contributed by atoms with van der Waals surface area (Å²) in [7, 11) is 0. The minimum Gasteiger partial charge on any atom is -0.351 e. The van der Waals surface area contributed by atoms with Gasteiger partial charge in [-0.1, -0.05) is 46.5 Å². The first-order valence-electron chi connectivity index (χ1n) is 8.05. The molecule has 0 aromatic heterocycles. The summed E-state index contributed by atoms with van der Waals surface area (Å²) in [6.07, 6.45) is 7.22. The summed E-state index contributed by atoms with van der Waals surface area (Å²) in [5.41, 5.74) is -0.295. The SMILES string of the molecule is CCC[C@@H]1CC[C@H](CC)[C@@](C)(C(=O)NC(C)(C)C)C1. The number of nitrogens with one attached hydrogen (secondary N) is 1. The minimum atomic E-state index is -0.167. The molecule has 2 nitrogen and oxygen atoms in total. The lowest BCUT2D eigenvalue weighted by molar-refractivity contribution is -0.138. The molecule has 1 aliphatic carbocycles. The summed E-state index contributed by atoms with van der Waals surface area (Å²) >= 11 is 0. The third kappa shape index (κ3) is 4.22. The Hall–Kier alpha value is -0.530. The highest BCUT2D eigenvalue weighted by atomic mass is 16.2. The molecule has 0 heterocycles. The van der Waals surface area contributed by atoms with E-state index in [-0.39, 0.29) is 16.9 Å². The fourth-order valence-electron chi connectivity index (χ4n) is 3.69. The summed E-state index contributed by atoms with van der Waals surface area (Å²) in [5, 5.41) is 3.22. The van der Waals surface area contributed by atoms with Crippen LogP contribution >= 0.6 is 0 Å². The van der Waals surface area contributed by atoms with Crippen LogP contribution in [0.2, 0.25) is 0 Å². The Labute approximate surface area is 119 Å². The summed E-state index contributed by atoms with van der Waals surface area (Å²) in [6, 6.07) is 0. The molecule has 112 valence electrons. The van der Waals surface area contributed by atoms with E-state index in [0.29, 0.717) is 5.92 Å². The molecule has 0 aliphatic heterocycles. The van der Waals surface area contributed by atoms with Crippen LogP contribution in [0.1, 0.15) is 80.1 Å². The molecule has 0 spiro atoms. The first kappa shape index (κ1) is 16.5. The van der Waals surface area contributed by atoms with Crippen molar-refractivity contribution in [3.63, 3.8) is 0 Å². The number of rotatable bonds is 4. The van der Waals surface area contributed by atoms with E-state index in [9.17, 15) is 4.79 Å². The fourth-order valence-corrected chi connectivity index (χ4v) is 3.69. The van der Waals surface area contributed by atoms with E-state index in [1.807, 2.05) is 0 Å². The Balaban J connectivity index is 2.84. The quantitative estimate of drug-likeness (QED) is 0.796. The Kier molecular flexibility index (Phi) is 5.46. The number of hydrogen-bond donors (Lipinski definition) is 1. The lowest BCUT2D eigenvalue weighted by Gasteiger charge is -2.44. The van der Waals surface area contributed by atoms with Gasteiger partial charge >= 0.3 is 0 Å². The van der Waals surface area contributed by atoms with Crippen LogP contribution in [0.25, 0.3) is 0 Å². The van der Waals surface area contributed by atoms with Gasteiger partial charge in [0.2, 0.25) is 5.91 Å². The number of carbonyl (C=O) groups excluding carboxylic acids is 1. The van der Waals surface area contributed by atoms with Crippen molar-refractivity contribution >= 4 is 5.91 Å². The predicted molar refractivity (Wildman–Crippen MR) is 82.0 cm³/mol. The Bertz CT molecular complexity index is 305. The van der Waals surface area contributed by atoms with Gasteiger partial charge < -0.3 is 5.32 Å². The van der Waals surface area contributed by atoms with E-state index >= 15 is 0 Å². The second kappa shape index (κ2) is 6.28. The minimum absolute atomic E-state index is 0.129. The second-order valence-corrected chi connectivity index (χ2v) is 7.66. The average molecular weight is 267 g/mol. The maximum Gasteiger partial charge on any atom is 0.226 e. The molecule has 19 heavy (non-hydrogen) atoms. The second-order valence-electron chi connectivity index (χ2n) is 7.66. The molecule has 3 atom stereocenters. The van der Waals surface area contributed by atoms with Crippen molar-refractivity contribution in [1.82, 2.24) is 5.32 Å². The van der Waals surface area contributed by atoms with Gasteiger partial charge in [-0.15, -0.1) is 0 Å². The van der Waals surface area contributed by atoms with Crippen LogP contribution in [0.3, 0.4) is 0 Å². The summed E-state index contributed by atoms with van der Waals surface area (Å²) in [6.45, 7) is 12.9. The Morgan fingerprint density at radius 3 is 2.37 bits per heavy atom. The maximum absolute atomic E-state index is 12.7. The van der Waals surface area contributed by atoms with Crippen LogP contribution in [-0.2, 0) is 4.79 Å². The van der Waals surface area contributed by atoms with Crippen molar-refractivity contribution in [3.05, 3.63) is 0 Å². The van der Waals surface area contributed by atoms with Gasteiger partial charge in [0, 0.05) is 11.0 Å². The van der Waals surface area contributed by atoms with Crippen LogP contribution < -0.4 is 5.32 Å². The van der Waals surface area contributed by atoms with Crippen molar-refractivity contribution in [2.24, 2.45) is 17.3 Å². The molecule has 1 fully saturated rings. The molecule has 0 radical (unpaired) electrons. The molecule has 0 unspecified atom stereocenters. The summed E-state index contributed by atoms with van der Waals surface area (Å²) in [5.74, 6) is 1.55. The highest BCUT2D eigenvalue weighted by Gasteiger charge is 2.45.